The summed E-state index contributed by atoms with van der Waals surface area (Å²) in [6, 6.07) is 1.94. The summed E-state index contributed by atoms with van der Waals surface area (Å²) in [5.74, 6) is 0.245. The number of thiol groups is 1. The topological polar surface area (TPSA) is 103 Å². The van der Waals surface area contributed by atoms with Gasteiger partial charge in [0, 0.05) is 6.20 Å². The molecule has 2 rings (SSSR count). The van der Waals surface area contributed by atoms with Crippen LogP contribution in [0.2, 0.25) is 0 Å². The fourth-order valence-electron chi connectivity index (χ4n) is 1.47. The minimum absolute atomic E-state index is 0.128. The molecule has 0 aromatic carbocycles. The number of nitro groups is 1. The van der Waals surface area contributed by atoms with Crippen LogP contribution in [0.5, 0.6) is 0 Å². The predicted octanol–water partition coefficient (Wildman–Crippen LogP) is 0.873. The van der Waals surface area contributed by atoms with Gasteiger partial charge in [0.2, 0.25) is 5.82 Å². The zero-order valence-corrected chi connectivity index (χ0v) is 10.2. The first-order valence-corrected chi connectivity index (χ1v) is 5.34. The minimum atomic E-state index is -0.592. The maximum atomic E-state index is 10.7. The quantitative estimate of drug-likeness (QED) is 0.503. The number of nitriles is 1. The Hall–Kier alpha value is -2.34. The van der Waals surface area contributed by atoms with Crippen molar-refractivity contribution >= 4 is 18.4 Å². The summed E-state index contributed by atoms with van der Waals surface area (Å²) < 4.78 is 2.74. The third kappa shape index (κ3) is 1.93. The molecule has 0 aliphatic rings. The Morgan fingerprint density at radius 3 is 2.83 bits per heavy atom. The molecule has 0 bridgehead atoms. The summed E-state index contributed by atoms with van der Waals surface area (Å²) in [6.07, 6.45) is 4.05. The number of hydrogen-bond donors (Lipinski definition) is 1. The molecule has 0 saturated heterocycles. The molecule has 92 valence electrons. The predicted molar refractivity (Wildman–Crippen MR) is 63.9 cm³/mol. The number of aromatic nitrogens is 4. The molecule has 0 radical (unpaired) electrons. The van der Waals surface area contributed by atoms with Gasteiger partial charge in [0.25, 0.3) is 0 Å². The monoisotopic (exact) mass is 264 g/mol. The Bertz CT molecular complexity index is 640. The van der Waals surface area contributed by atoms with E-state index in [0.717, 1.165) is 6.20 Å². The van der Waals surface area contributed by atoms with Crippen molar-refractivity contribution in [3.05, 3.63) is 40.1 Å². The van der Waals surface area contributed by atoms with Gasteiger partial charge in [-0.3, -0.25) is 0 Å². The summed E-state index contributed by atoms with van der Waals surface area (Å²) >= 11 is 4.30. The standard InChI is InChI=1S/C9H8N6O2S/c1-13-7(15(16)17)4-11-8(13)9(18)14-5-6(2-10)3-12-14/h3-5,9,18H,1H3. The van der Waals surface area contributed by atoms with Crippen LogP contribution in [0.4, 0.5) is 5.82 Å². The van der Waals surface area contributed by atoms with Crippen molar-refractivity contribution in [3.63, 3.8) is 0 Å². The summed E-state index contributed by atoms with van der Waals surface area (Å²) in [4.78, 5) is 14.1. The van der Waals surface area contributed by atoms with Crippen LogP contribution in [0.25, 0.3) is 0 Å². The van der Waals surface area contributed by atoms with Gasteiger partial charge in [-0.15, -0.1) is 12.6 Å². The highest BCUT2D eigenvalue weighted by molar-refractivity contribution is 7.80. The lowest BCUT2D eigenvalue weighted by Gasteiger charge is -2.07. The molecule has 0 aliphatic heterocycles. The average molecular weight is 264 g/mol. The number of hydrogen-bond acceptors (Lipinski definition) is 6. The summed E-state index contributed by atoms with van der Waals surface area (Å²) in [7, 11) is 1.53. The molecule has 0 spiro atoms. The number of nitrogens with zero attached hydrogens (tertiary/aromatic N) is 6. The van der Waals surface area contributed by atoms with Gasteiger partial charge in [-0.2, -0.15) is 10.4 Å². The highest BCUT2D eigenvalue weighted by Crippen LogP contribution is 2.23. The second kappa shape index (κ2) is 4.50. The van der Waals surface area contributed by atoms with Gasteiger partial charge in [0.05, 0.1) is 18.8 Å². The van der Waals surface area contributed by atoms with E-state index in [9.17, 15) is 10.1 Å². The van der Waals surface area contributed by atoms with Crippen LogP contribution >= 0.6 is 12.6 Å². The first kappa shape index (κ1) is 12.1. The van der Waals surface area contributed by atoms with Gasteiger partial charge < -0.3 is 10.1 Å². The van der Waals surface area contributed by atoms with Gasteiger partial charge in [0.1, 0.15) is 12.3 Å². The van der Waals surface area contributed by atoms with Crippen molar-refractivity contribution in [2.75, 3.05) is 0 Å². The number of rotatable bonds is 3. The minimum Gasteiger partial charge on any atom is -0.358 e. The third-order valence-corrected chi connectivity index (χ3v) is 2.87. The van der Waals surface area contributed by atoms with Crippen LogP contribution in [-0.4, -0.2) is 24.3 Å². The van der Waals surface area contributed by atoms with Crippen LogP contribution in [0, 0.1) is 21.4 Å². The molecule has 0 fully saturated rings. The highest BCUT2D eigenvalue weighted by atomic mass is 32.1. The van der Waals surface area contributed by atoms with Crippen LogP contribution < -0.4 is 0 Å². The zero-order valence-electron chi connectivity index (χ0n) is 9.26. The van der Waals surface area contributed by atoms with E-state index in [-0.39, 0.29) is 5.82 Å². The fraction of sp³-hybridized carbons (Fsp3) is 0.222. The van der Waals surface area contributed by atoms with Crippen molar-refractivity contribution in [1.82, 2.24) is 19.3 Å². The summed E-state index contributed by atoms with van der Waals surface area (Å²) in [6.45, 7) is 0. The summed E-state index contributed by atoms with van der Waals surface area (Å²) in [5.41, 5.74) is 0.387. The van der Waals surface area contributed by atoms with E-state index in [1.165, 1.54) is 28.7 Å². The number of imidazole rings is 1. The Kier molecular flexibility index (Phi) is 3.03. The third-order valence-electron chi connectivity index (χ3n) is 2.40. The maximum absolute atomic E-state index is 10.7. The van der Waals surface area contributed by atoms with Gasteiger partial charge in [-0.1, -0.05) is 0 Å². The maximum Gasteiger partial charge on any atom is 0.342 e. The molecule has 1 unspecified atom stereocenters. The average Bonchev–Trinajstić information content (AvgIpc) is 2.94. The molecule has 9 heteroatoms. The molecule has 0 aliphatic carbocycles. The van der Waals surface area contributed by atoms with Gasteiger partial charge >= 0.3 is 5.82 Å². The Morgan fingerprint density at radius 2 is 2.33 bits per heavy atom. The van der Waals surface area contributed by atoms with Crippen LogP contribution in [0.3, 0.4) is 0 Å². The highest BCUT2D eigenvalue weighted by Gasteiger charge is 2.23. The smallest absolute Gasteiger partial charge is 0.342 e. The van der Waals surface area contributed by atoms with E-state index in [2.05, 4.69) is 22.7 Å². The molecular formula is C9H8N6O2S. The van der Waals surface area contributed by atoms with Crippen LogP contribution in [0.15, 0.2) is 18.6 Å². The lowest BCUT2D eigenvalue weighted by Crippen LogP contribution is -2.11. The van der Waals surface area contributed by atoms with Crippen molar-refractivity contribution in [1.29, 1.82) is 5.26 Å². The SMILES string of the molecule is Cn1c([N+](=O)[O-])cnc1C(S)n1cc(C#N)cn1. The molecular weight excluding hydrogens is 256 g/mol. The Labute approximate surface area is 107 Å². The van der Waals surface area contributed by atoms with Gasteiger partial charge in [-0.25, -0.2) is 14.2 Å². The van der Waals surface area contributed by atoms with E-state index in [1.807, 2.05) is 6.07 Å². The molecule has 8 nitrogen and oxygen atoms in total. The van der Waals surface area contributed by atoms with Crippen molar-refractivity contribution in [3.8, 4) is 6.07 Å². The molecule has 2 aromatic heterocycles. The first-order valence-electron chi connectivity index (χ1n) is 4.83. The summed E-state index contributed by atoms with van der Waals surface area (Å²) in [5, 5.41) is 22.8. The Morgan fingerprint density at radius 1 is 1.61 bits per heavy atom. The van der Waals surface area contributed by atoms with E-state index in [1.54, 1.807) is 0 Å². The van der Waals surface area contributed by atoms with Gasteiger partial charge in [0.15, 0.2) is 5.37 Å². The lowest BCUT2D eigenvalue weighted by atomic mass is 10.4. The first-order chi connectivity index (χ1) is 8.54. The van der Waals surface area contributed by atoms with Crippen molar-refractivity contribution in [2.45, 2.75) is 5.37 Å². The second-order valence-corrected chi connectivity index (χ2v) is 3.97. The van der Waals surface area contributed by atoms with Crippen LogP contribution in [-0.2, 0) is 7.05 Å². The molecule has 18 heavy (non-hydrogen) atoms. The molecule has 0 amide bonds. The largest absolute Gasteiger partial charge is 0.358 e. The molecule has 2 aromatic rings. The second-order valence-electron chi connectivity index (χ2n) is 3.49. The normalized spacial score (nSPS) is 12.1. The molecule has 1 atom stereocenters. The van der Waals surface area contributed by atoms with E-state index in [4.69, 9.17) is 5.26 Å². The van der Waals surface area contributed by atoms with E-state index >= 15 is 0 Å². The zero-order chi connectivity index (χ0) is 13.3. The van der Waals surface area contributed by atoms with E-state index < -0.39 is 10.3 Å². The Balaban J connectivity index is 2.37. The van der Waals surface area contributed by atoms with Crippen LogP contribution in [0.1, 0.15) is 16.8 Å². The van der Waals surface area contributed by atoms with Crippen molar-refractivity contribution in [2.24, 2.45) is 7.05 Å². The van der Waals surface area contributed by atoms with Gasteiger partial charge in [-0.05, 0) is 4.92 Å². The fourth-order valence-corrected chi connectivity index (χ4v) is 1.84. The lowest BCUT2D eigenvalue weighted by molar-refractivity contribution is -0.391. The molecule has 0 saturated carbocycles. The molecule has 2 heterocycles. The van der Waals surface area contributed by atoms with Crippen molar-refractivity contribution < 1.29 is 4.92 Å². The van der Waals surface area contributed by atoms with E-state index in [0.29, 0.717) is 11.4 Å². The molecule has 0 N–H and O–H groups in total.